The Morgan fingerprint density at radius 2 is 1.91 bits per heavy atom. The average Bonchev–Trinajstić information content (AvgIpc) is 3.20. The van der Waals surface area contributed by atoms with Crippen LogP contribution in [-0.4, -0.2) is 33.3 Å². The van der Waals surface area contributed by atoms with Gasteiger partial charge in [-0.05, 0) is 30.0 Å². The first-order valence-corrected chi connectivity index (χ1v) is 11.5. The first-order chi connectivity index (χ1) is 15.9. The van der Waals surface area contributed by atoms with Crippen LogP contribution in [0.1, 0.15) is 18.3 Å². The third-order valence-corrected chi connectivity index (χ3v) is 6.36. The molecular weight excluding hydrogens is 491 g/mol. The number of oxime groups is 1. The number of H-pyrrole nitrogens is 1. The number of halogens is 4. The maximum atomic E-state index is 12.9. The molecule has 4 aromatic rings. The van der Waals surface area contributed by atoms with Crippen molar-refractivity contribution in [1.29, 1.82) is 0 Å². The van der Waals surface area contributed by atoms with Gasteiger partial charge in [-0.15, -0.1) is 11.8 Å². The van der Waals surface area contributed by atoms with Crippen LogP contribution < -0.4 is 4.74 Å². The zero-order valence-electron chi connectivity index (χ0n) is 17.2. The predicted octanol–water partition coefficient (Wildman–Crippen LogP) is 7.48. The number of alkyl halides is 2. The second kappa shape index (κ2) is 9.99. The molecular formula is C23H17Cl2F2N3O2S. The number of hydrogen-bond donors (Lipinski definition) is 2. The molecule has 1 heterocycles. The van der Waals surface area contributed by atoms with Crippen molar-refractivity contribution in [2.75, 3.05) is 5.75 Å². The van der Waals surface area contributed by atoms with Crippen LogP contribution in [0.25, 0.3) is 22.2 Å². The number of nitrogens with one attached hydrogen (secondary N) is 1. The van der Waals surface area contributed by atoms with Crippen LogP contribution in [0.4, 0.5) is 8.78 Å². The topological polar surface area (TPSA) is 70.5 Å². The lowest BCUT2D eigenvalue weighted by molar-refractivity contribution is -0.0494. The van der Waals surface area contributed by atoms with Crippen LogP contribution in [-0.2, 0) is 0 Å². The van der Waals surface area contributed by atoms with E-state index in [9.17, 15) is 14.0 Å². The van der Waals surface area contributed by atoms with E-state index in [2.05, 4.69) is 26.8 Å². The molecule has 5 nitrogen and oxygen atoms in total. The van der Waals surface area contributed by atoms with E-state index >= 15 is 0 Å². The van der Waals surface area contributed by atoms with E-state index in [1.807, 2.05) is 24.3 Å². The van der Waals surface area contributed by atoms with Gasteiger partial charge in [-0.25, -0.2) is 4.98 Å². The Bertz CT molecular complexity index is 1330. The highest BCUT2D eigenvalue weighted by molar-refractivity contribution is 7.99. The normalized spacial score (nSPS) is 12.0. The molecule has 33 heavy (non-hydrogen) atoms. The number of thioether (sulfide) groups is 1. The smallest absolute Gasteiger partial charge is 0.387 e. The molecule has 0 saturated carbocycles. The zero-order chi connectivity index (χ0) is 23.5. The molecule has 0 saturated heterocycles. The van der Waals surface area contributed by atoms with Crippen LogP contribution in [0.5, 0.6) is 5.75 Å². The van der Waals surface area contributed by atoms with Crippen LogP contribution in [0.2, 0.25) is 10.0 Å². The van der Waals surface area contributed by atoms with Gasteiger partial charge in [0.05, 0.1) is 15.6 Å². The summed E-state index contributed by atoms with van der Waals surface area (Å²) in [5.41, 5.74) is 2.32. The summed E-state index contributed by atoms with van der Waals surface area (Å²) in [5.74, 6) is 1.15. The Balaban J connectivity index is 1.80. The van der Waals surface area contributed by atoms with Crippen molar-refractivity contribution in [1.82, 2.24) is 9.97 Å². The molecule has 0 spiro atoms. The summed E-state index contributed by atoms with van der Waals surface area (Å²) >= 11 is 14.8. The van der Waals surface area contributed by atoms with E-state index in [1.54, 1.807) is 36.0 Å². The largest absolute Gasteiger partial charge is 0.434 e. The SMILES string of the molecule is CCSc1ccc(/C(=N\O)c2nc3c(Cl)c(-c4ccccc4OC(F)F)c(Cl)cc3[nH]2)cc1. The Kier molecular flexibility index (Phi) is 7.07. The molecule has 0 radical (unpaired) electrons. The maximum absolute atomic E-state index is 12.9. The first-order valence-electron chi connectivity index (χ1n) is 9.80. The van der Waals surface area contributed by atoms with Crippen LogP contribution in [0.3, 0.4) is 0 Å². The number of para-hydroxylation sites is 1. The Morgan fingerprint density at radius 3 is 2.58 bits per heavy atom. The quantitative estimate of drug-likeness (QED) is 0.118. The van der Waals surface area contributed by atoms with Gasteiger partial charge in [0.2, 0.25) is 0 Å². The molecule has 3 aromatic carbocycles. The van der Waals surface area contributed by atoms with E-state index in [4.69, 9.17) is 23.2 Å². The monoisotopic (exact) mass is 507 g/mol. The molecule has 0 bridgehead atoms. The molecule has 0 amide bonds. The molecule has 170 valence electrons. The molecule has 0 aliphatic rings. The van der Waals surface area contributed by atoms with Crippen molar-refractivity contribution in [3.8, 4) is 16.9 Å². The summed E-state index contributed by atoms with van der Waals surface area (Å²) in [5, 5.41) is 13.5. The van der Waals surface area contributed by atoms with Gasteiger partial charge in [0.1, 0.15) is 11.3 Å². The summed E-state index contributed by atoms with van der Waals surface area (Å²) < 4.78 is 30.4. The van der Waals surface area contributed by atoms with Gasteiger partial charge in [0, 0.05) is 21.6 Å². The highest BCUT2D eigenvalue weighted by Gasteiger charge is 2.22. The first kappa shape index (κ1) is 23.4. The lowest BCUT2D eigenvalue weighted by Gasteiger charge is -2.13. The lowest BCUT2D eigenvalue weighted by Crippen LogP contribution is -2.05. The number of imidazole rings is 1. The molecule has 2 N–H and O–H groups in total. The molecule has 0 fully saturated rings. The number of ether oxygens (including phenoxy) is 1. The molecule has 10 heteroatoms. The van der Waals surface area contributed by atoms with Crippen LogP contribution in [0, 0.1) is 0 Å². The van der Waals surface area contributed by atoms with Crippen molar-refractivity contribution >= 4 is 51.7 Å². The van der Waals surface area contributed by atoms with Crippen molar-refractivity contribution < 1.29 is 18.7 Å². The average molecular weight is 508 g/mol. The van der Waals surface area contributed by atoms with Crippen molar-refractivity contribution in [3.63, 3.8) is 0 Å². The van der Waals surface area contributed by atoms with Gasteiger partial charge in [-0.2, -0.15) is 8.78 Å². The Labute approximate surface area is 202 Å². The number of aromatic nitrogens is 2. The van der Waals surface area contributed by atoms with E-state index < -0.39 is 6.61 Å². The summed E-state index contributed by atoms with van der Waals surface area (Å²) in [7, 11) is 0. The van der Waals surface area contributed by atoms with Crippen molar-refractivity contribution in [2.24, 2.45) is 5.16 Å². The minimum Gasteiger partial charge on any atom is -0.434 e. The zero-order valence-corrected chi connectivity index (χ0v) is 19.5. The van der Waals surface area contributed by atoms with E-state index in [0.717, 1.165) is 10.6 Å². The fourth-order valence-electron chi connectivity index (χ4n) is 3.43. The third-order valence-electron chi connectivity index (χ3n) is 4.80. The third kappa shape index (κ3) is 4.78. The van der Waals surface area contributed by atoms with Gasteiger partial charge >= 0.3 is 6.61 Å². The van der Waals surface area contributed by atoms with Gasteiger partial charge in [0.25, 0.3) is 0 Å². The summed E-state index contributed by atoms with van der Waals surface area (Å²) in [4.78, 5) is 8.66. The summed E-state index contributed by atoms with van der Waals surface area (Å²) in [6.45, 7) is -0.941. The highest BCUT2D eigenvalue weighted by atomic mass is 35.5. The van der Waals surface area contributed by atoms with Crippen molar-refractivity contribution in [2.45, 2.75) is 18.4 Å². The molecule has 0 aliphatic heterocycles. The standard InChI is InChI=1S/C23H17Cl2F2N3O2S/c1-2-33-13-9-7-12(8-10-13)20(30-31)22-28-16-11-15(24)18(19(25)21(16)29-22)14-5-3-4-6-17(14)32-23(26)27/h3-11,23,31H,2H2,1H3,(H,28,29)/b30-20+. The van der Waals surface area contributed by atoms with E-state index in [-0.39, 0.29) is 27.3 Å². The Morgan fingerprint density at radius 1 is 1.18 bits per heavy atom. The minimum absolute atomic E-state index is 0.0611. The molecule has 0 aliphatic carbocycles. The van der Waals surface area contributed by atoms with Crippen molar-refractivity contribution in [3.05, 3.63) is 76.0 Å². The predicted molar refractivity (Wildman–Crippen MR) is 128 cm³/mol. The number of hydrogen-bond acceptors (Lipinski definition) is 5. The fourth-order valence-corrected chi connectivity index (χ4v) is 4.79. The van der Waals surface area contributed by atoms with Gasteiger partial charge < -0.3 is 14.9 Å². The second-order valence-electron chi connectivity index (χ2n) is 6.81. The minimum atomic E-state index is -3.00. The Hall–Kier alpha value is -2.81. The number of rotatable bonds is 7. The van der Waals surface area contributed by atoms with E-state index in [0.29, 0.717) is 27.7 Å². The van der Waals surface area contributed by atoms with Crippen LogP contribution >= 0.6 is 35.0 Å². The van der Waals surface area contributed by atoms with Gasteiger partial charge in [0.15, 0.2) is 11.5 Å². The molecule has 0 unspecified atom stereocenters. The number of benzene rings is 3. The number of nitrogens with zero attached hydrogens (tertiary/aromatic N) is 2. The van der Waals surface area contributed by atoms with Gasteiger partial charge in [-0.1, -0.05) is 65.6 Å². The molecule has 1 aromatic heterocycles. The lowest BCUT2D eigenvalue weighted by atomic mass is 10.0. The molecule has 0 atom stereocenters. The highest BCUT2D eigenvalue weighted by Crippen LogP contribution is 2.43. The summed E-state index contributed by atoms with van der Waals surface area (Å²) in [6, 6.07) is 15.3. The number of aromatic amines is 1. The number of fused-ring (bicyclic) bond motifs is 1. The fraction of sp³-hybridized carbons (Fsp3) is 0.130. The second-order valence-corrected chi connectivity index (χ2v) is 8.93. The van der Waals surface area contributed by atoms with Crippen LogP contribution in [0.15, 0.2) is 64.6 Å². The molecule has 4 rings (SSSR count). The van der Waals surface area contributed by atoms with Gasteiger partial charge in [-0.3, -0.25) is 0 Å². The maximum Gasteiger partial charge on any atom is 0.387 e. The van der Waals surface area contributed by atoms with E-state index in [1.165, 1.54) is 6.07 Å². The summed E-state index contributed by atoms with van der Waals surface area (Å²) in [6.07, 6.45) is 0.